The summed E-state index contributed by atoms with van der Waals surface area (Å²) in [6.07, 6.45) is 93.3. The zero-order valence-corrected chi connectivity index (χ0v) is 54.5. The topological polar surface area (TPSA) is 78.9 Å². The smallest absolute Gasteiger partial charge is 0.306 e. The number of hydrogen-bond donors (Lipinski definition) is 0. The second kappa shape index (κ2) is 70.1. The molecule has 0 rings (SSSR count). The molecule has 0 saturated heterocycles. The molecular weight excluding hydrogens is 1010 g/mol. The van der Waals surface area contributed by atoms with E-state index in [1.165, 1.54) is 225 Å². The van der Waals surface area contributed by atoms with E-state index in [4.69, 9.17) is 14.2 Å². The highest BCUT2D eigenvalue weighted by Crippen LogP contribution is 2.18. The molecule has 474 valence electrons. The van der Waals surface area contributed by atoms with Crippen LogP contribution >= 0.6 is 0 Å². The van der Waals surface area contributed by atoms with Crippen LogP contribution in [0.4, 0.5) is 0 Å². The molecule has 0 aromatic rings. The fourth-order valence-electron chi connectivity index (χ4n) is 10.3. The maximum Gasteiger partial charge on any atom is 0.306 e. The molecule has 82 heavy (non-hydrogen) atoms. The highest BCUT2D eigenvalue weighted by Gasteiger charge is 2.19. The number of ether oxygens (including phenoxy) is 3. The molecule has 0 heterocycles. The molecule has 6 nitrogen and oxygen atoms in total. The Morgan fingerprint density at radius 3 is 0.744 bits per heavy atom. The van der Waals surface area contributed by atoms with Crippen molar-refractivity contribution in [2.24, 2.45) is 0 Å². The summed E-state index contributed by atoms with van der Waals surface area (Å²) in [5.41, 5.74) is 0. The Kier molecular flexibility index (Phi) is 67.2. The molecule has 0 saturated carbocycles. The van der Waals surface area contributed by atoms with E-state index in [9.17, 15) is 14.4 Å². The van der Waals surface area contributed by atoms with Crippen LogP contribution in [-0.4, -0.2) is 37.2 Å². The zero-order chi connectivity index (χ0) is 59.2. The number of carbonyl (C=O) groups is 3. The molecule has 0 radical (unpaired) electrons. The molecule has 0 aromatic heterocycles. The van der Waals surface area contributed by atoms with Crippen LogP contribution < -0.4 is 0 Å². The van der Waals surface area contributed by atoms with Gasteiger partial charge in [0, 0.05) is 19.3 Å². The van der Waals surface area contributed by atoms with Gasteiger partial charge in [0.05, 0.1) is 0 Å². The van der Waals surface area contributed by atoms with Crippen molar-refractivity contribution in [3.8, 4) is 0 Å². The van der Waals surface area contributed by atoms with Gasteiger partial charge in [-0.1, -0.05) is 331 Å². The van der Waals surface area contributed by atoms with Crippen LogP contribution in [0.3, 0.4) is 0 Å². The van der Waals surface area contributed by atoms with Gasteiger partial charge in [0.15, 0.2) is 6.10 Å². The summed E-state index contributed by atoms with van der Waals surface area (Å²) in [5.74, 6) is -0.857. The van der Waals surface area contributed by atoms with Crippen LogP contribution in [0.5, 0.6) is 0 Å². The third-order valence-electron chi connectivity index (χ3n) is 15.6. The Morgan fingerprint density at radius 2 is 0.476 bits per heavy atom. The predicted octanol–water partition coefficient (Wildman–Crippen LogP) is 24.6. The first kappa shape index (κ1) is 78.6. The molecule has 0 bridgehead atoms. The second-order valence-electron chi connectivity index (χ2n) is 23.8. The fraction of sp³-hybridized carbons (Fsp3) is 0.776. The van der Waals surface area contributed by atoms with E-state index >= 15 is 0 Å². The average Bonchev–Trinajstić information content (AvgIpc) is 3.48. The number of rotatable bonds is 65. The Labute approximate surface area is 509 Å². The molecule has 6 heteroatoms. The lowest BCUT2D eigenvalue weighted by molar-refractivity contribution is -0.167. The summed E-state index contributed by atoms with van der Waals surface area (Å²) < 4.78 is 17.0. The van der Waals surface area contributed by atoms with Crippen LogP contribution in [0, 0.1) is 0 Å². The van der Waals surface area contributed by atoms with E-state index in [1.807, 2.05) is 0 Å². The van der Waals surface area contributed by atoms with Gasteiger partial charge in [-0.3, -0.25) is 14.4 Å². The minimum absolute atomic E-state index is 0.0721. The minimum atomic E-state index is -0.775. The Bertz CT molecular complexity index is 1550. The summed E-state index contributed by atoms with van der Waals surface area (Å²) in [6, 6.07) is 0. The number of esters is 3. The van der Waals surface area contributed by atoms with Crippen molar-refractivity contribution in [1.29, 1.82) is 0 Å². The lowest BCUT2D eigenvalue weighted by Gasteiger charge is -2.18. The zero-order valence-electron chi connectivity index (χ0n) is 54.5. The summed E-state index contributed by atoms with van der Waals surface area (Å²) in [6.45, 7) is 6.55. The molecule has 0 N–H and O–H groups in total. The molecule has 0 amide bonds. The van der Waals surface area contributed by atoms with Crippen LogP contribution in [0.1, 0.15) is 361 Å². The van der Waals surface area contributed by atoms with E-state index in [0.717, 1.165) is 96.3 Å². The van der Waals surface area contributed by atoms with Gasteiger partial charge in [0.2, 0.25) is 0 Å². The van der Waals surface area contributed by atoms with Gasteiger partial charge in [-0.2, -0.15) is 0 Å². The predicted molar refractivity (Wildman–Crippen MR) is 358 cm³/mol. The van der Waals surface area contributed by atoms with Crippen molar-refractivity contribution >= 4 is 17.9 Å². The Balaban J connectivity index is 4.17. The van der Waals surface area contributed by atoms with E-state index in [0.29, 0.717) is 19.3 Å². The lowest BCUT2D eigenvalue weighted by Crippen LogP contribution is -2.30. The molecule has 0 fully saturated rings. The van der Waals surface area contributed by atoms with Crippen molar-refractivity contribution in [3.63, 3.8) is 0 Å². The van der Waals surface area contributed by atoms with Gasteiger partial charge in [-0.05, 0) is 96.3 Å². The molecule has 0 aromatic carbocycles. The van der Waals surface area contributed by atoms with Gasteiger partial charge in [-0.25, -0.2) is 0 Å². The van der Waals surface area contributed by atoms with Gasteiger partial charge in [-0.15, -0.1) is 0 Å². The van der Waals surface area contributed by atoms with E-state index < -0.39 is 6.10 Å². The second-order valence-corrected chi connectivity index (χ2v) is 23.8. The first-order valence-electron chi connectivity index (χ1n) is 35.6. The number of hydrogen-bond acceptors (Lipinski definition) is 6. The monoisotopic (exact) mass is 1140 g/mol. The molecule has 0 aliphatic rings. The highest BCUT2D eigenvalue weighted by molar-refractivity contribution is 5.71. The molecule has 1 atom stereocenters. The molecule has 1 unspecified atom stereocenters. The first-order chi connectivity index (χ1) is 40.5. The Hall–Kier alpha value is -3.41. The number of unbranched alkanes of at least 4 members (excludes halogenated alkanes) is 40. The minimum Gasteiger partial charge on any atom is -0.462 e. The standard InChI is InChI=1S/C76H134O6/c1-4-7-10-13-16-19-22-24-26-28-30-32-34-36-37-38-39-41-42-44-46-48-50-52-54-57-60-63-66-69-75(78)81-72-73(71-80-74(77)68-65-62-59-56-21-18-15-12-9-6-3)82-76(79)70-67-64-61-58-55-53-51-49-47-45-43-40-35-33-31-29-27-25-23-20-17-14-11-8-5-2/h7,10,16,19,23-26,29-32,36-37,73H,4-6,8-9,11-15,17-18,20-22,27-28,33-35,38-72H2,1-3H3/b10-7-,19-16-,25-23-,26-24-,31-29-,32-30-,37-36-. The van der Waals surface area contributed by atoms with Crippen LogP contribution in [0.15, 0.2) is 85.1 Å². The van der Waals surface area contributed by atoms with E-state index in [-0.39, 0.29) is 31.1 Å². The SMILES string of the molecule is CC/C=C\C/C=C\C/C=C\C/C=C\C/C=C\CCCCCCCCCCCCCCCC(=O)OCC(COC(=O)CCCCCCCCCCCC)OC(=O)CCCCCCCCCCCCCCC/C=C\C/C=C\CCCCCCC. The van der Waals surface area contributed by atoms with E-state index in [2.05, 4.69) is 106 Å². The number of allylic oxidation sites excluding steroid dienone is 14. The average molecular weight is 1140 g/mol. The Morgan fingerprint density at radius 1 is 0.256 bits per heavy atom. The van der Waals surface area contributed by atoms with E-state index in [1.54, 1.807) is 0 Å². The van der Waals surface area contributed by atoms with Gasteiger partial charge in [0.25, 0.3) is 0 Å². The molecule has 0 aliphatic carbocycles. The molecule has 0 aliphatic heterocycles. The normalized spacial score (nSPS) is 12.6. The fourth-order valence-corrected chi connectivity index (χ4v) is 10.3. The summed E-state index contributed by atoms with van der Waals surface area (Å²) in [5, 5.41) is 0. The van der Waals surface area contributed by atoms with Gasteiger partial charge >= 0.3 is 17.9 Å². The first-order valence-corrected chi connectivity index (χ1v) is 35.6. The van der Waals surface area contributed by atoms with Crippen LogP contribution in [0.25, 0.3) is 0 Å². The largest absolute Gasteiger partial charge is 0.462 e. The van der Waals surface area contributed by atoms with Crippen molar-refractivity contribution in [1.82, 2.24) is 0 Å². The maximum atomic E-state index is 12.9. The summed E-state index contributed by atoms with van der Waals surface area (Å²) in [4.78, 5) is 38.4. The third kappa shape index (κ3) is 67.4. The van der Waals surface area contributed by atoms with Crippen LogP contribution in [0.2, 0.25) is 0 Å². The van der Waals surface area contributed by atoms with Crippen LogP contribution in [-0.2, 0) is 28.6 Å². The molecular formula is C76H134O6. The van der Waals surface area contributed by atoms with Gasteiger partial charge in [0.1, 0.15) is 13.2 Å². The van der Waals surface area contributed by atoms with Crippen molar-refractivity contribution in [3.05, 3.63) is 85.1 Å². The van der Waals surface area contributed by atoms with Crippen molar-refractivity contribution in [2.75, 3.05) is 13.2 Å². The van der Waals surface area contributed by atoms with Crippen molar-refractivity contribution in [2.45, 2.75) is 367 Å². The van der Waals surface area contributed by atoms with Crippen molar-refractivity contribution < 1.29 is 28.6 Å². The lowest BCUT2D eigenvalue weighted by atomic mass is 10.0. The molecule has 0 spiro atoms. The summed E-state index contributed by atoms with van der Waals surface area (Å²) in [7, 11) is 0. The third-order valence-corrected chi connectivity index (χ3v) is 15.6. The number of carbonyl (C=O) groups excluding carboxylic acids is 3. The quantitative estimate of drug-likeness (QED) is 0.0261. The highest BCUT2D eigenvalue weighted by atomic mass is 16.6. The van der Waals surface area contributed by atoms with Gasteiger partial charge < -0.3 is 14.2 Å². The summed E-state index contributed by atoms with van der Waals surface area (Å²) >= 11 is 0. The maximum absolute atomic E-state index is 12.9.